The molecule has 2 rings (SSSR count). The topological polar surface area (TPSA) is 44.4 Å². The molecule has 0 spiro atoms. The molecule has 1 aromatic rings. The molecular weight excluding hydrogens is 274 g/mol. The van der Waals surface area contributed by atoms with Crippen molar-refractivity contribution in [3.8, 4) is 0 Å². The van der Waals surface area contributed by atoms with Crippen LogP contribution in [-0.2, 0) is 0 Å². The third kappa shape index (κ3) is 3.87. The van der Waals surface area contributed by atoms with Crippen molar-refractivity contribution >= 4 is 23.3 Å². The fourth-order valence-electron chi connectivity index (χ4n) is 2.50. The summed E-state index contributed by atoms with van der Waals surface area (Å²) in [6, 6.07) is 5.56. The molecule has 0 bridgehead atoms. The lowest BCUT2D eigenvalue weighted by Gasteiger charge is -2.32. The number of piperidine rings is 1. The lowest BCUT2D eigenvalue weighted by Crippen LogP contribution is -2.42. The number of aryl methyl sites for hydroxylation is 1. The van der Waals surface area contributed by atoms with Crippen LogP contribution in [0.1, 0.15) is 18.4 Å². The van der Waals surface area contributed by atoms with Gasteiger partial charge < -0.3 is 15.5 Å². The summed E-state index contributed by atoms with van der Waals surface area (Å²) < 4.78 is 0. The standard InChI is InChI=1S/C15H22ClN3O/c1-11-3-4-13(9-14(11)16)18-15(20)19-7-5-12(6-8-19)10-17-2/h3-4,9,12,17H,5-8,10H2,1-2H3,(H,18,20). The zero-order chi connectivity index (χ0) is 14.5. The fraction of sp³-hybridized carbons (Fsp3) is 0.533. The number of carbonyl (C=O) groups is 1. The van der Waals surface area contributed by atoms with E-state index in [1.54, 1.807) is 6.07 Å². The molecule has 0 atom stereocenters. The Kier molecular flexibility index (Phi) is 5.26. The summed E-state index contributed by atoms with van der Waals surface area (Å²) in [6.45, 7) is 4.61. The molecule has 0 saturated carbocycles. The molecule has 0 unspecified atom stereocenters. The van der Waals surface area contributed by atoms with Crippen molar-refractivity contribution in [2.24, 2.45) is 5.92 Å². The highest BCUT2D eigenvalue weighted by Crippen LogP contribution is 2.21. The van der Waals surface area contributed by atoms with Crippen LogP contribution < -0.4 is 10.6 Å². The minimum Gasteiger partial charge on any atom is -0.325 e. The maximum atomic E-state index is 12.2. The van der Waals surface area contributed by atoms with E-state index in [1.807, 2.05) is 31.0 Å². The first-order valence-electron chi connectivity index (χ1n) is 7.07. The summed E-state index contributed by atoms with van der Waals surface area (Å²) in [4.78, 5) is 14.1. The zero-order valence-corrected chi connectivity index (χ0v) is 12.8. The van der Waals surface area contributed by atoms with Gasteiger partial charge in [-0.3, -0.25) is 0 Å². The second kappa shape index (κ2) is 6.95. The quantitative estimate of drug-likeness (QED) is 0.900. The zero-order valence-electron chi connectivity index (χ0n) is 12.1. The van der Waals surface area contributed by atoms with Gasteiger partial charge in [-0.15, -0.1) is 0 Å². The first kappa shape index (κ1) is 15.1. The molecule has 2 N–H and O–H groups in total. The van der Waals surface area contributed by atoms with Gasteiger partial charge >= 0.3 is 6.03 Å². The number of anilines is 1. The number of hydrogen-bond donors (Lipinski definition) is 2. The van der Waals surface area contributed by atoms with E-state index in [0.717, 1.165) is 43.7 Å². The van der Waals surface area contributed by atoms with E-state index in [0.29, 0.717) is 10.9 Å². The van der Waals surface area contributed by atoms with Gasteiger partial charge in [0.2, 0.25) is 0 Å². The second-order valence-corrected chi connectivity index (χ2v) is 5.79. The molecule has 1 saturated heterocycles. The second-order valence-electron chi connectivity index (χ2n) is 5.38. The molecule has 1 fully saturated rings. The van der Waals surface area contributed by atoms with Crippen LogP contribution in [0.2, 0.25) is 5.02 Å². The smallest absolute Gasteiger partial charge is 0.321 e. The minimum atomic E-state index is -0.0344. The Balaban J connectivity index is 1.88. The predicted octanol–water partition coefficient (Wildman–Crippen LogP) is 3.11. The minimum absolute atomic E-state index is 0.0344. The Bertz CT molecular complexity index is 470. The third-order valence-electron chi connectivity index (χ3n) is 3.82. The number of likely N-dealkylation sites (tertiary alicyclic amines) is 1. The van der Waals surface area contributed by atoms with Crippen molar-refractivity contribution < 1.29 is 4.79 Å². The lowest BCUT2D eigenvalue weighted by atomic mass is 9.97. The Morgan fingerprint density at radius 1 is 1.40 bits per heavy atom. The van der Waals surface area contributed by atoms with Gasteiger partial charge in [0.25, 0.3) is 0 Å². The molecule has 1 aliphatic rings. The first-order valence-corrected chi connectivity index (χ1v) is 7.44. The van der Waals surface area contributed by atoms with Crippen LogP contribution in [-0.4, -0.2) is 37.6 Å². The molecule has 20 heavy (non-hydrogen) atoms. The van der Waals surface area contributed by atoms with Crippen molar-refractivity contribution in [3.05, 3.63) is 28.8 Å². The van der Waals surface area contributed by atoms with Crippen LogP contribution in [0.15, 0.2) is 18.2 Å². The van der Waals surface area contributed by atoms with E-state index in [4.69, 9.17) is 11.6 Å². The van der Waals surface area contributed by atoms with Crippen LogP contribution in [0.4, 0.5) is 10.5 Å². The molecule has 4 nitrogen and oxygen atoms in total. The number of nitrogens with one attached hydrogen (secondary N) is 2. The normalized spacial score (nSPS) is 16.2. The molecular formula is C15H22ClN3O. The van der Waals surface area contributed by atoms with E-state index in [2.05, 4.69) is 10.6 Å². The van der Waals surface area contributed by atoms with Crippen molar-refractivity contribution in [2.45, 2.75) is 19.8 Å². The van der Waals surface area contributed by atoms with E-state index in [9.17, 15) is 4.79 Å². The number of halogens is 1. The van der Waals surface area contributed by atoms with Crippen LogP contribution in [0.25, 0.3) is 0 Å². The SMILES string of the molecule is CNCC1CCN(C(=O)Nc2ccc(C)c(Cl)c2)CC1. The summed E-state index contributed by atoms with van der Waals surface area (Å²) in [5, 5.41) is 6.79. The molecule has 1 aliphatic heterocycles. The number of nitrogens with zero attached hydrogens (tertiary/aromatic N) is 1. The van der Waals surface area contributed by atoms with Crippen molar-refractivity contribution in [1.82, 2.24) is 10.2 Å². The molecule has 5 heteroatoms. The summed E-state index contributed by atoms with van der Waals surface area (Å²) in [6.07, 6.45) is 2.12. The number of rotatable bonds is 3. The van der Waals surface area contributed by atoms with E-state index in [-0.39, 0.29) is 6.03 Å². The Hall–Kier alpha value is -1.26. The summed E-state index contributed by atoms with van der Waals surface area (Å²) >= 11 is 6.07. The summed E-state index contributed by atoms with van der Waals surface area (Å²) in [5.41, 5.74) is 1.76. The summed E-state index contributed by atoms with van der Waals surface area (Å²) in [7, 11) is 1.97. The number of amides is 2. The lowest BCUT2D eigenvalue weighted by molar-refractivity contribution is 0.182. The largest absolute Gasteiger partial charge is 0.325 e. The van der Waals surface area contributed by atoms with E-state index >= 15 is 0 Å². The van der Waals surface area contributed by atoms with E-state index < -0.39 is 0 Å². The summed E-state index contributed by atoms with van der Waals surface area (Å²) in [5.74, 6) is 0.679. The average Bonchev–Trinajstić information content (AvgIpc) is 2.44. The molecule has 1 heterocycles. The molecule has 110 valence electrons. The maximum absolute atomic E-state index is 12.2. The van der Waals surface area contributed by atoms with Gasteiger partial charge in [0, 0.05) is 23.8 Å². The number of urea groups is 1. The highest BCUT2D eigenvalue weighted by Gasteiger charge is 2.22. The highest BCUT2D eigenvalue weighted by molar-refractivity contribution is 6.31. The molecule has 0 aromatic heterocycles. The third-order valence-corrected chi connectivity index (χ3v) is 4.22. The van der Waals surface area contributed by atoms with Gasteiger partial charge in [-0.1, -0.05) is 17.7 Å². The molecule has 0 aliphatic carbocycles. The number of carbonyl (C=O) groups excluding carboxylic acids is 1. The van der Waals surface area contributed by atoms with Crippen molar-refractivity contribution in [2.75, 3.05) is 32.0 Å². The Morgan fingerprint density at radius 3 is 2.70 bits per heavy atom. The van der Waals surface area contributed by atoms with Gasteiger partial charge in [-0.25, -0.2) is 4.79 Å². The molecule has 0 radical (unpaired) electrons. The first-order chi connectivity index (χ1) is 9.60. The van der Waals surface area contributed by atoms with Crippen LogP contribution in [0.5, 0.6) is 0 Å². The molecule has 1 aromatic carbocycles. The van der Waals surface area contributed by atoms with Crippen LogP contribution in [0, 0.1) is 12.8 Å². The fourth-order valence-corrected chi connectivity index (χ4v) is 2.68. The number of hydrogen-bond acceptors (Lipinski definition) is 2. The number of benzene rings is 1. The predicted molar refractivity (Wildman–Crippen MR) is 83.4 cm³/mol. The van der Waals surface area contributed by atoms with E-state index in [1.165, 1.54) is 0 Å². The Morgan fingerprint density at radius 2 is 2.10 bits per heavy atom. The maximum Gasteiger partial charge on any atom is 0.321 e. The Labute approximate surface area is 125 Å². The van der Waals surface area contributed by atoms with Crippen LogP contribution in [0.3, 0.4) is 0 Å². The van der Waals surface area contributed by atoms with Gasteiger partial charge in [0.1, 0.15) is 0 Å². The van der Waals surface area contributed by atoms with Crippen molar-refractivity contribution in [1.29, 1.82) is 0 Å². The average molecular weight is 296 g/mol. The highest BCUT2D eigenvalue weighted by atomic mass is 35.5. The van der Waals surface area contributed by atoms with Gasteiger partial charge in [0.15, 0.2) is 0 Å². The van der Waals surface area contributed by atoms with Gasteiger partial charge in [-0.05, 0) is 57.0 Å². The van der Waals surface area contributed by atoms with Crippen molar-refractivity contribution in [3.63, 3.8) is 0 Å². The monoisotopic (exact) mass is 295 g/mol. The van der Waals surface area contributed by atoms with Gasteiger partial charge in [-0.2, -0.15) is 0 Å². The van der Waals surface area contributed by atoms with Crippen LogP contribution >= 0.6 is 11.6 Å². The molecule has 2 amide bonds. The van der Waals surface area contributed by atoms with Gasteiger partial charge in [0.05, 0.1) is 0 Å².